The summed E-state index contributed by atoms with van der Waals surface area (Å²) in [5, 5.41) is 0. The lowest BCUT2D eigenvalue weighted by Gasteiger charge is -2.07. The number of ether oxygens (including phenoxy) is 2. The molecular weight excluding hydrogens is 276 g/mol. The number of hydrogen-bond acceptors (Lipinski definition) is 3. The Labute approximate surface area is 135 Å². The molecule has 0 atom stereocenters. The Bertz CT molecular complexity index is 390. The van der Waals surface area contributed by atoms with Crippen molar-refractivity contribution in [1.29, 1.82) is 0 Å². The second-order valence-corrected chi connectivity index (χ2v) is 5.69. The molecule has 0 fully saturated rings. The van der Waals surface area contributed by atoms with Crippen LogP contribution >= 0.6 is 0 Å². The molecule has 0 saturated heterocycles. The van der Waals surface area contributed by atoms with Crippen LogP contribution in [0.5, 0.6) is 11.5 Å². The first-order valence-corrected chi connectivity index (χ1v) is 8.63. The van der Waals surface area contributed by atoms with Crippen molar-refractivity contribution in [2.24, 2.45) is 0 Å². The highest BCUT2D eigenvalue weighted by Crippen LogP contribution is 2.19. The van der Waals surface area contributed by atoms with Crippen LogP contribution in [0.4, 0.5) is 0 Å². The third-order valence-electron chi connectivity index (χ3n) is 3.73. The number of benzene rings is 1. The number of unbranched alkanes of at least 4 members (excludes halogenated alkanes) is 9. The molecule has 22 heavy (non-hydrogen) atoms. The predicted octanol–water partition coefficient (Wildman–Crippen LogP) is 5.43. The van der Waals surface area contributed by atoms with Gasteiger partial charge in [0.05, 0.1) is 6.61 Å². The van der Waals surface area contributed by atoms with Gasteiger partial charge in [0, 0.05) is 6.07 Å². The molecule has 0 amide bonds. The summed E-state index contributed by atoms with van der Waals surface area (Å²) in [6, 6.07) is 7.09. The first-order chi connectivity index (χ1) is 10.9. The van der Waals surface area contributed by atoms with Gasteiger partial charge in [-0.2, -0.15) is 0 Å². The lowest BCUT2D eigenvalue weighted by molar-refractivity contribution is 0.303. The zero-order chi connectivity index (χ0) is 15.9. The highest BCUT2D eigenvalue weighted by atomic mass is 16.5. The number of rotatable bonds is 14. The van der Waals surface area contributed by atoms with E-state index in [0.29, 0.717) is 12.4 Å². The Morgan fingerprint density at radius 2 is 1.45 bits per heavy atom. The monoisotopic (exact) mass is 305 g/mol. The summed E-state index contributed by atoms with van der Waals surface area (Å²) >= 11 is 0. The van der Waals surface area contributed by atoms with Gasteiger partial charge in [0.15, 0.2) is 0 Å². The van der Waals surface area contributed by atoms with Gasteiger partial charge in [-0.05, 0) is 18.6 Å². The molecule has 1 aromatic rings. The predicted molar refractivity (Wildman–Crippen MR) is 90.1 cm³/mol. The largest absolute Gasteiger partial charge is 0.493 e. The van der Waals surface area contributed by atoms with Crippen LogP contribution < -0.4 is 9.47 Å². The summed E-state index contributed by atoms with van der Waals surface area (Å²) in [6.07, 6.45) is 13.2. The molecule has 3 heteroatoms. The summed E-state index contributed by atoms with van der Waals surface area (Å²) < 4.78 is 10.3. The van der Waals surface area contributed by atoms with Crippen molar-refractivity contribution in [3.8, 4) is 11.5 Å². The van der Waals surface area contributed by atoms with Crippen molar-refractivity contribution in [1.82, 2.24) is 0 Å². The van der Waals surface area contributed by atoms with Crippen LogP contribution in [-0.4, -0.2) is 13.1 Å². The van der Waals surface area contributed by atoms with E-state index in [1.54, 1.807) is 18.2 Å². The molecule has 0 spiro atoms. The maximum atomic E-state index is 10.2. The van der Waals surface area contributed by atoms with Crippen molar-refractivity contribution < 1.29 is 14.3 Å². The summed E-state index contributed by atoms with van der Waals surface area (Å²) in [7, 11) is 0. The summed E-state index contributed by atoms with van der Waals surface area (Å²) in [6.45, 7) is 4.39. The topological polar surface area (TPSA) is 35.5 Å². The lowest BCUT2D eigenvalue weighted by Crippen LogP contribution is -1.98. The summed E-state index contributed by atoms with van der Waals surface area (Å²) in [5.74, 6) is 1.21. The SMILES string of the molecule is CCCCCCCCCCCCOc1cccc(O[C]=O)c1. The Hall–Kier alpha value is -1.51. The minimum Gasteiger partial charge on any atom is -0.493 e. The van der Waals surface area contributed by atoms with E-state index in [0.717, 1.165) is 12.2 Å². The molecule has 0 aliphatic heterocycles. The van der Waals surface area contributed by atoms with Gasteiger partial charge in [0.25, 0.3) is 0 Å². The van der Waals surface area contributed by atoms with Crippen molar-refractivity contribution >= 4 is 6.47 Å². The summed E-state index contributed by atoms with van der Waals surface area (Å²) in [5.41, 5.74) is 0. The molecule has 0 aliphatic rings. The quantitative estimate of drug-likeness (QED) is 0.430. The van der Waals surface area contributed by atoms with E-state index in [9.17, 15) is 4.79 Å². The Morgan fingerprint density at radius 1 is 0.864 bits per heavy atom. The van der Waals surface area contributed by atoms with Gasteiger partial charge >= 0.3 is 6.47 Å². The maximum Gasteiger partial charge on any atom is 0.423 e. The molecule has 3 nitrogen and oxygen atoms in total. The van der Waals surface area contributed by atoms with E-state index >= 15 is 0 Å². The van der Waals surface area contributed by atoms with Crippen LogP contribution in [0, 0.1) is 0 Å². The fraction of sp³-hybridized carbons (Fsp3) is 0.632. The van der Waals surface area contributed by atoms with E-state index in [2.05, 4.69) is 11.7 Å². The fourth-order valence-electron chi connectivity index (χ4n) is 2.46. The van der Waals surface area contributed by atoms with Crippen LogP contribution in [0.25, 0.3) is 0 Å². The van der Waals surface area contributed by atoms with E-state index in [-0.39, 0.29) is 0 Å². The van der Waals surface area contributed by atoms with Crippen molar-refractivity contribution in [2.75, 3.05) is 6.61 Å². The molecular formula is C19H29O3. The molecule has 123 valence electrons. The average molecular weight is 305 g/mol. The van der Waals surface area contributed by atoms with Crippen molar-refractivity contribution in [2.45, 2.75) is 71.1 Å². The van der Waals surface area contributed by atoms with Crippen LogP contribution in [0.1, 0.15) is 71.1 Å². The van der Waals surface area contributed by atoms with Gasteiger partial charge < -0.3 is 9.47 Å². The third kappa shape index (κ3) is 9.43. The first-order valence-electron chi connectivity index (χ1n) is 8.63. The first kappa shape index (κ1) is 18.5. The maximum absolute atomic E-state index is 10.2. The highest BCUT2D eigenvalue weighted by molar-refractivity contribution is 5.47. The minimum atomic E-state index is 0.468. The Morgan fingerprint density at radius 3 is 2.09 bits per heavy atom. The van der Waals surface area contributed by atoms with E-state index in [1.165, 1.54) is 64.3 Å². The minimum absolute atomic E-state index is 0.468. The Balaban J connectivity index is 1.95. The van der Waals surface area contributed by atoms with Gasteiger partial charge in [0.1, 0.15) is 11.5 Å². The molecule has 1 radical (unpaired) electrons. The molecule has 1 rings (SSSR count). The highest BCUT2D eigenvalue weighted by Gasteiger charge is 1.98. The van der Waals surface area contributed by atoms with Gasteiger partial charge in [-0.25, -0.2) is 4.79 Å². The molecule has 0 bridgehead atoms. The van der Waals surface area contributed by atoms with Gasteiger partial charge in [-0.1, -0.05) is 70.8 Å². The normalized spacial score (nSPS) is 10.4. The molecule has 0 heterocycles. The van der Waals surface area contributed by atoms with Crippen LogP contribution in [0.15, 0.2) is 24.3 Å². The third-order valence-corrected chi connectivity index (χ3v) is 3.73. The second kappa shape index (κ2) is 13.2. The fourth-order valence-corrected chi connectivity index (χ4v) is 2.46. The van der Waals surface area contributed by atoms with Crippen LogP contribution in [0.3, 0.4) is 0 Å². The number of hydrogen-bond donors (Lipinski definition) is 0. The lowest BCUT2D eigenvalue weighted by atomic mass is 10.1. The molecule has 0 unspecified atom stereocenters. The molecule has 0 saturated carbocycles. The zero-order valence-corrected chi connectivity index (χ0v) is 13.8. The van der Waals surface area contributed by atoms with Gasteiger partial charge in [-0.3, -0.25) is 0 Å². The van der Waals surface area contributed by atoms with Crippen LogP contribution in [0.2, 0.25) is 0 Å². The number of carbonyl (C=O) groups excluding carboxylic acids is 1. The summed E-state index contributed by atoms with van der Waals surface area (Å²) in [4.78, 5) is 10.2. The van der Waals surface area contributed by atoms with E-state index in [4.69, 9.17) is 4.74 Å². The van der Waals surface area contributed by atoms with Crippen molar-refractivity contribution in [3.05, 3.63) is 24.3 Å². The molecule has 0 aliphatic carbocycles. The Kier molecular flexibility index (Phi) is 11.1. The zero-order valence-electron chi connectivity index (χ0n) is 13.8. The molecule has 0 aromatic heterocycles. The van der Waals surface area contributed by atoms with E-state index < -0.39 is 0 Å². The van der Waals surface area contributed by atoms with Gasteiger partial charge in [-0.15, -0.1) is 0 Å². The molecule has 1 aromatic carbocycles. The molecule has 0 N–H and O–H groups in total. The standard InChI is InChI=1S/C19H29O3/c1-2-3-4-5-6-7-8-9-10-11-15-21-18-13-12-14-19(16-18)22-17-20/h12-14,16H,2-11,15H2,1H3. The average Bonchev–Trinajstić information content (AvgIpc) is 2.53. The van der Waals surface area contributed by atoms with Crippen molar-refractivity contribution in [3.63, 3.8) is 0 Å². The smallest absolute Gasteiger partial charge is 0.423 e. The van der Waals surface area contributed by atoms with Gasteiger partial charge in [0.2, 0.25) is 0 Å². The van der Waals surface area contributed by atoms with E-state index in [1.807, 2.05) is 6.07 Å². The second-order valence-electron chi connectivity index (χ2n) is 5.69. The van der Waals surface area contributed by atoms with Crippen LogP contribution in [-0.2, 0) is 4.79 Å².